The summed E-state index contributed by atoms with van der Waals surface area (Å²) in [7, 11) is 0. The number of rotatable bonds is 1. The number of hydrogen-bond donors (Lipinski definition) is 2. The van der Waals surface area contributed by atoms with Crippen LogP contribution in [0.2, 0.25) is 0 Å². The Morgan fingerprint density at radius 1 is 1.30 bits per heavy atom. The molecule has 0 amide bonds. The fraction of sp³-hybridized carbons (Fsp3) is 0.647. The van der Waals surface area contributed by atoms with Gasteiger partial charge in [-0.15, -0.1) is 0 Å². The van der Waals surface area contributed by atoms with E-state index in [2.05, 4.69) is 44.3 Å². The lowest BCUT2D eigenvalue weighted by atomic mass is 9.80. The van der Waals surface area contributed by atoms with E-state index in [9.17, 15) is 5.11 Å². The summed E-state index contributed by atoms with van der Waals surface area (Å²) < 4.78 is 6.14. The Morgan fingerprint density at radius 3 is 2.80 bits per heavy atom. The molecule has 0 bridgehead atoms. The van der Waals surface area contributed by atoms with Crippen molar-refractivity contribution in [3.05, 3.63) is 29.3 Å². The van der Waals surface area contributed by atoms with Crippen LogP contribution in [-0.4, -0.2) is 24.4 Å². The van der Waals surface area contributed by atoms with Gasteiger partial charge in [0, 0.05) is 23.7 Å². The monoisotopic (exact) mass is 275 g/mol. The van der Waals surface area contributed by atoms with Crippen molar-refractivity contribution in [1.29, 1.82) is 0 Å². The van der Waals surface area contributed by atoms with Gasteiger partial charge in [-0.25, -0.2) is 0 Å². The average molecular weight is 275 g/mol. The molecule has 2 N–H and O–H groups in total. The van der Waals surface area contributed by atoms with Crippen molar-refractivity contribution in [1.82, 2.24) is 0 Å². The zero-order valence-corrected chi connectivity index (χ0v) is 12.6. The Hall–Kier alpha value is -1.06. The summed E-state index contributed by atoms with van der Waals surface area (Å²) in [5, 5.41) is 12.9. The average Bonchev–Trinajstić information content (AvgIpc) is 2.45. The molecule has 20 heavy (non-hydrogen) atoms. The molecule has 3 atom stereocenters. The first-order chi connectivity index (χ1) is 9.49. The Bertz CT molecular complexity index is 492. The predicted molar refractivity (Wildman–Crippen MR) is 81.1 cm³/mol. The second kappa shape index (κ2) is 5.05. The van der Waals surface area contributed by atoms with Crippen molar-refractivity contribution >= 4 is 5.69 Å². The summed E-state index contributed by atoms with van der Waals surface area (Å²) in [6, 6.07) is 6.68. The van der Waals surface area contributed by atoms with E-state index in [1.54, 1.807) is 0 Å². The van der Waals surface area contributed by atoms with E-state index in [-0.39, 0.29) is 24.2 Å². The molecule has 0 saturated carbocycles. The van der Waals surface area contributed by atoms with E-state index >= 15 is 0 Å². The van der Waals surface area contributed by atoms with Gasteiger partial charge in [-0.3, -0.25) is 0 Å². The van der Waals surface area contributed by atoms with E-state index in [1.165, 1.54) is 16.8 Å². The van der Waals surface area contributed by atoms with Crippen molar-refractivity contribution in [3.8, 4) is 0 Å². The standard InChI is InChI=1S/C17H25NO2/c1-17(2,3)12-5-7-15-14(8-12)16-11(9-18-15)4-6-13(10-19)20-16/h5,7-8,11,13,16,18-19H,4,6,9-10H2,1-3H3/t11-,13+,16-/m0/s1. The first-order valence-corrected chi connectivity index (χ1v) is 7.63. The van der Waals surface area contributed by atoms with Crippen LogP contribution in [0.25, 0.3) is 0 Å². The highest BCUT2D eigenvalue weighted by atomic mass is 16.5. The summed E-state index contributed by atoms with van der Waals surface area (Å²) in [4.78, 5) is 0. The van der Waals surface area contributed by atoms with Crippen LogP contribution in [0.5, 0.6) is 0 Å². The second-order valence-electron chi connectivity index (χ2n) is 7.13. The van der Waals surface area contributed by atoms with Gasteiger partial charge in [0.2, 0.25) is 0 Å². The molecule has 0 unspecified atom stereocenters. The predicted octanol–water partition coefficient (Wildman–Crippen LogP) is 3.24. The minimum absolute atomic E-state index is 0.000456. The Balaban J connectivity index is 1.96. The van der Waals surface area contributed by atoms with E-state index < -0.39 is 0 Å². The molecule has 0 aromatic heterocycles. The third-order valence-electron chi connectivity index (χ3n) is 4.61. The maximum Gasteiger partial charge on any atom is 0.0894 e. The molecular weight excluding hydrogens is 250 g/mol. The second-order valence-corrected chi connectivity index (χ2v) is 7.13. The highest BCUT2D eigenvalue weighted by Crippen LogP contribution is 2.43. The number of fused-ring (bicyclic) bond motifs is 3. The van der Waals surface area contributed by atoms with Crippen LogP contribution in [0.1, 0.15) is 50.8 Å². The summed E-state index contributed by atoms with van der Waals surface area (Å²) >= 11 is 0. The van der Waals surface area contributed by atoms with E-state index in [0.717, 1.165) is 19.4 Å². The normalized spacial score (nSPS) is 29.3. The highest BCUT2D eigenvalue weighted by Gasteiger charge is 2.36. The van der Waals surface area contributed by atoms with Crippen LogP contribution in [0, 0.1) is 5.92 Å². The van der Waals surface area contributed by atoms with Crippen molar-refractivity contribution in [3.63, 3.8) is 0 Å². The third kappa shape index (κ3) is 2.45. The van der Waals surface area contributed by atoms with Gasteiger partial charge in [0.05, 0.1) is 18.8 Å². The molecule has 2 heterocycles. The maximum atomic E-state index is 9.37. The highest BCUT2D eigenvalue weighted by molar-refractivity contribution is 5.57. The van der Waals surface area contributed by atoms with Crippen LogP contribution < -0.4 is 5.32 Å². The molecule has 3 heteroatoms. The topological polar surface area (TPSA) is 41.5 Å². The summed E-state index contributed by atoms with van der Waals surface area (Å²) in [5.41, 5.74) is 3.95. The molecular formula is C17H25NO2. The largest absolute Gasteiger partial charge is 0.394 e. The fourth-order valence-corrected chi connectivity index (χ4v) is 3.28. The number of aliphatic hydroxyl groups is 1. The number of benzene rings is 1. The fourth-order valence-electron chi connectivity index (χ4n) is 3.28. The lowest BCUT2D eigenvalue weighted by molar-refractivity contribution is -0.102. The van der Waals surface area contributed by atoms with Crippen molar-refractivity contribution in [2.75, 3.05) is 18.5 Å². The molecule has 1 aromatic carbocycles. The smallest absolute Gasteiger partial charge is 0.0894 e. The Labute approximate surface area is 121 Å². The molecule has 2 aliphatic rings. The molecule has 0 aliphatic carbocycles. The summed E-state index contributed by atoms with van der Waals surface area (Å²) in [6.45, 7) is 7.82. The zero-order chi connectivity index (χ0) is 14.3. The minimum atomic E-state index is 0.000456. The number of nitrogens with one attached hydrogen (secondary N) is 1. The van der Waals surface area contributed by atoms with Gasteiger partial charge in [-0.1, -0.05) is 32.9 Å². The molecule has 110 valence electrons. The van der Waals surface area contributed by atoms with Crippen LogP contribution in [-0.2, 0) is 10.2 Å². The molecule has 2 aliphatic heterocycles. The molecule has 1 saturated heterocycles. The molecule has 3 rings (SSSR count). The van der Waals surface area contributed by atoms with Crippen LogP contribution in [0.15, 0.2) is 18.2 Å². The summed E-state index contributed by atoms with van der Waals surface area (Å²) in [6.07, 6.45) is 2.23. The van der Waals surface area contributed by atoms with Gasteiger partial charge < -0.3 is 15.2 Å². The number of aliphatic hydroxyl groups excluding tert-OH is 1. The van der Waals surface area contributed by atoms with Crippen molar-refractivity contribution in [2.45, 2.75) is 51.2 Å². The molecule has 1 fully saturated rings. The van der Waals surface area contributed by atoms with Crippen LogP contribution in [0.3, 0.4) is 0 Å². The minimum Gasteiger partial charge on any atom is -0.394 e. The SMILES string of the molecule is CC(C)(C)c1ccc2c(c1)[C@H]1O[C@@H](CO)CC[C@H]1CN2. The van der Waals surface area contributed by atoms with E-state index in [1.807, 2.05) is 0 Å². The van der Waals surface area contributed by atoms with Gasteiger partial charge in [0.1, 0.15) is 0 Å². The third-order valence-corrected chi connectivity index (χ3v) is 4.61. The molecule has 1 aromatic rings. The van der Waals surface area contributed by atoms with Crippen molar-refractivity contribution < 1.29 is 9.84 Å². The molecule has 0 spiro atoms. The van der Waals surface area contributed by atoms with Gasteiger partial charge >= 0.3 is 0 Å². The first-order valence-electron chi connectivity index (χ1n) is 7.63. The lowest BCUT2D eigenvalue weighted by Crippen LogP contribution is -2.38. The molecule has 3 nitrogen and oxygen atoms in total. The molecule has 0 radical (unpaired) electrons. The number of anilines is 1. The first kappa shape index (κ1) is 13.9. The van der Waals surface area contributed by atoms with E-state index in [4.69, 9.17) is 4.74 Å². The lowest BCUT2D eigenvalue weighted by Gasteiger charge is -2.41. The quantitative estimate of drug-likeness (QED) is 0.826. The number of ether oxygens (including phenoxy) is 1. The van der Waals surface area contributed by atoms with Gasteiger partial charge in [-0.05, 0) is 29.9 Å². The Morgan fingerprint density at radius 2 is 2.10 bits per heavy atom. The number of hydrogen-bond acceptors (Lipinski definition) is 3. The summed E-state index contributed by atoms with van der Waals surface area (Å²) in [5.74, 6) is 0.528. The van der Waals surface area contributed by atoms with Crippen LogP contribution >= 0.6 is 0 Å². The zero-order valence-electron chi connectivity index (χ0n) is 12.6. The van der Waals surface area contributed by atoms with Gasteiger partial charge in [0.15, 0.2) is 0 Å². The Kier molecular flexibility index (Phi) is 3.51. The van der Waals surface area contributed by atoms with Crippen LogP contribution in [0.4, 0.5) is 5.69 Å². The van der Waals surface area contributed by atoms with Gasteiger partial charge in [-0.2, -0.15) is 0 Å². The van der Waals surface area contributed by atoms with Gasteiger partial charge in [0.25, 0.3) is 0 Å². The van der Waals surface area contributed by atoms with E-state index in [0.29, 0.717) is 5.92 Å². The van der Waals surface area contributed by atoms with Crippen molar-refractivity contribution in [2.24, 2.45) is 5.92 Å². The maximum absolute atomic E-state index is 9.37.